The normalized spacial score (nSPS) is 17.3. The zero-order valence-corrected chi connectivity index (χ0v) is 47.3. The Balaban J connectivity index is 0.878. The van der Waals surface area contributed by atoms with Crippen LogP contribution in [0.2, 0.25) is 0 Å². The predicted molar refractivity (Wildman–Crippen MR) is 340 cm³/mol. The molecule has 0 saturated carbocycles. The Hall–Kier alpha value is -9.64. The van der Waals surface area contributed by atoms with Gasteiger partial charge in [-0.3, -0.25) is 0 Å². The molecule has 0 bridgehead atoms. The summed E-state index contributed by atoms with van der Waals surface area (Å²) in [6.07, 6.45) is 8.08. The molecule has 0 radical (unpaired) electrons. The van der Waals surface area contributed by atoms with E-state index in [9.17, 15) is 0 Å². The molecule has 3 aliphatic carbocycles. The fourth-order valence-electron chi connectivity index (χ4n) is 14.1. The summed E-state index contributed by atoms with van der Waals surface area (Å²) in [4.78, 5) is 4.23. The number of rotatable bonds is 11. The van der Waals surface area contributed by atoms with E-state index in [0.717, 1.165) is 40.3 Å². The van der Waals surface area contributed by atoms with Crippen LogP contribution in [0.3, 0.4) is 0 Å². The number of benzene rings is 11. The lowest BCUT2D eigenvalue weighted by Crippen LogP contribution is -2.31. The lowest BCUT2D eigenvalue weighted by atomic mass is 9.64. The standard InChI is InChI=1S/C79H62F2N2/c1-51-31-35-57(36-32-51)79(73-46-53(3)30-34-55(73)5)71-28-18-16-26-65(71)67-42-38-61(48-75(67)79)83(59-23-13-8-14-24-59)63-40-44-69(77(81)50-63)68-43-39-62(49-76(68)80)82(58-21-11-7-12-22-58)60-37-41-66-64-25-15-17-27-70(64)78(74(66)47-60,56-19-9-6-10-20-56)72-45-52(2)29-33-54(72)4/h6-31,33-51H,32H2,1-5H3. The van der Waals surface area contributed by atoms with Gasteiger partial charge in [-0.25, -0.2) is 8.78 Å². The maximum atomic E-state index is 17.4. The molecule has 3 unspecified atom stereocenters. The molecule has 2 nitrogen and oxygen atoms in total. The number of allylic oxidation sites excluding steroid dienone is 4. The van der Waals surface area contributed by atoms with Gasteiger partial charge in [0.15, 0.2) is 0 Å². The molecule has 0 saturated heterocycles. The Morgan fingerprint density at radius 1 is 0.349 bits per heavy atom. The first-order valence-electron chi connectivity index (χ1n) is 28.9. The molecule has 11 aromatic rings. The van der Waals surface area contributed by atoms with Crippen LogP contribution in [-0.2, 0) is 10.8 Å². The van der Waals surface area contributed by atoms with Crippen molar-refractivity contribution in [1.82, 2.24) is 0 Å². The number of hydrogen-bond acceptors (Lipinski definition) is 2. The van der Waals surface area contributed by atoms with Crippen molar-refractivity contribution in [2.24, 2.45) is 5.92 Å². The molecule has 3 aliphatic rings. The van der Waals surface area contributed by atoms with Gasteiger partial charge < -0.3 is 9.80 Å². The summed E-state index contributed by atoms with van der Waals surface area (Å²) in [5.74, 6) is -0.620. The number of fused-ring (bicyclic) bond motifs is 6. The number of anilines is 6. The van der Waals surface area contributed by atoms with E-state index in [-0.39, 0.29) is 11.1 Å². The van der Waals surface area contributed by atoms with Gasteiger partial charge in [0.2, 0.25) is 0 Å². The molecule has 0 fully saturated rings. The fraction of sp³-hybridized carbons (Fsp3) is 0.114. The molecular formula is C79H62F2N2. The molecule has 11 aromatic carbocycles. The van der Waals surface area contributed by atoms with E-state index in [0.29, 0.717) is 17.3 Å². The van der Waals surface area contributed by atoms with E-state index in [2.05, 4.69) is 226 Å². The van der Waals surface area contributed by atoms with E-state index in [1.165, 1.54) is 77.9 Å². The van der Waals surface area contributed by atoms with Crippen molar-refractivity contribution in [2.45, 2.75) is 51.9 Å². The molecule has 0 N–H and O–H groups in total. The van der Waals surface area contributed by atoms with Gasteiger partial charge >= 0.3 is 0 Å². The number of aryl methyl sites for hydroxylation is 4. The van der Waals surface area contributed by atoms with Crippen LogP contribution >= 0.6 is 0 Å². The molecular weight excluding hydrogens is 1010 g/mol. The Labute approximate surface area is 486 Å². The molecule has 402 valence electrons. The highest BCUT2D eigenvalue weighted by Crippen LogP contribution is 2.61. The van der Waals surface area contributed by atoms with Crippen LogP contribution in [-0.4, -0.2) is 0 Å². The van der Waals surface area contributed by atoms with E-state index in [1.54, 1.807) is 24.3 Å². The zero-order valence-electron chi connectivity index (χ0n) is 47.3. The first-order chi connectivity index (χ1) is 40.5. The largest absolute Gasteiger partial charge is 0.310 e. The lowest BCUT2D eigenvalue weighted by Gasteiger charge is -2.38. The number of halogens is 2. The molecule has 4 heteroatoms. The monoisotopic (exact) mass is 1080 g/mol. The van der Waals surface area contributed by atoms with Gasteiger partial charge in [0.25, 0.3) is 0 Å². The number of nitrogens with zero attached hydrogens (tertiary/aromatic N) is 2. The van der Waals surface area contributed by atoms with Crippen molar-refractivity contribution in [3.8, 4) is 33.4 Å². The topological polar surface area (TPSA) is 6.48 Å². The summed E-state index contributed by atoms with van der Waals surface area (Å²) in [6, 6.07) is 86.0. The second kappa shape index (κ2) is 20.4. The third-order valence-corrected chi connectivity index (χ3v) is 17.9. The highest BCUT2D eigenvalue weighted by Gasteiger charge is 2.49. The lowest BCUT2D eigenvalue weighted by molar-refractivity contribution is 0.616. The van der Waals surface area contributed by atoms with E-state index in [1.807, 2.05) is 60.7 Å². The van der Waals surface area contributed by atoms with E-state index in [4.69, 9.17) is 0 Å². The first kappa shape index (κ1) is 51.5. The molecule has 0 amide bonds. The van der Waals surface area contributed by atoms with Crippen LogP contribution in [0.25, 0.3) is 33.4 Å². The average Bonchev–Trinajstić information content (AvgIpc) is 1.82. The Morgan fingerprint density at radius 2 is 0.747 bits per heavy atom. The fourth-order valence-corrected chi connectivity index (χ4v) is 14.1. The van der Waals surface area contributed by atoms with Crippen LogP contribution in [0.1, 0.15) is 74.5 Å². The summed E-state index contributed by atoms with van der Waals surface area (Å²) in [5.41, 5.74) is 23.1. The molecule has 83 heavy (non-hydrogen) atoms. The predicted octanol–water partition coefficient (Wildman–Crippen LogP) is 21.0. The highest BCUT2D eigenvalue weighted by atomic mass is 19.1. The first-order valence-corrected chi connectivity index (χ1v) is 28.9. The van der Waals surface area contributed by atoms with Gasteiger partial charge in [0.05, 0.1) is 10.8 Å². The second-order valence-corrected chi connectivity index (χ2v) is 23.0. The van der Waals surface area contributed by atoms with E-state index < -0.39 is 22.5 Å². The Bertz CT molecular complexity index is 4410. The number of para-hydroxylation sites is 2. The summed E-state index contributed by atoms with van der Waals surface area (Å²) < 4.78 is 34.8. The minimum atomic E-state index is -0.642. The van der Waals surface area contributed by atoms with Gasteiger partial charge in [-0.15, -0.1) is 0 Å². The second-order valence-electron chi connectivity index (χ2n) is 23.0. The van der Waals surface area contributed by atoms with Gasteiger partial charge in [0.1, 0.15) is 11.6 Å². The van der Waals surface area contributed by atoms with Gasteiger partial charge in [-0.05, 0) is 203 Å². The maximum Gasteiger partial charge on any atom is 0.133 e. The van der Waals surface area contributed by atoms with Crippen LogP contribution in [0, 0.1) is 45.2 Å². The third-order valence-electron chi connectivity index (χ3n) is 17.9. The molecule has 0 aromatic heterocycles. The van der Waals surface area contributed by atoms with Crippen LogP contribution in [0.15, 0.2) is 273 Å². The summed E-state index contributed by atoms with van der Waals surface area (Å²) >= 11 is 0. The molecule has 0 aliphatic heterocycles. The van der Waals surface area contributed by atoms with Gasteiger partial charge in [0, 0.05) is 45.3 Å². The molecule has 14 rings (SSSR count). The Kier molecular flexibility index (Phi) is 12.7. The van der Waals surface area contributed by atoms with Crippen molar-refractivity contribution in [1.29, 1.82) is 0 Å². The van der Waals surface area contributed by atoms with E-state index >= 15 is 8.78 Å². The minimum absolute atomic E-state index is 0.177. The summed E-state index contributed by atoms with van der Waals surface area (Å²) in [6.45, 7) is 11.0. The highest BCUT2D eigenvalue weighted by molar-refractivity contribution is 5.92. The zero-order chi connectivity index (χ0) is 56.6. The smallest absolute Gasteiger partial charge is 0.133 e. The molecule has 3 atom stereocenters. The quantitative estimate of drug-likeness (QED) is 0.127. The SMILES string of the molecule is Cc1ccc(C)c(C2(C3=CCC(C)C=C3)c3ccccc3-c3ccc(N(c4ccccc4)c4ccc(-c5ccc(N(c6ccccc6)c6ccc7c(c6)C(c6ccccc6)(c6cc(C)ccc6C)c6ccccc6-7)cc5F)c(F)c4)cc32)c1. The van der Waals surface area contributed by atoms with Crippen molar-refractivity contribution < 1.29 is 8.78 Å². The minimum Gasteiger partial charge on any atom is -0.310 e. The van der Waals surface area contributed by atoms with Crippen molar-refractivity contribution >= 4 is 34.1 Å². The number of hydrogen-bond donors (Lipinski definition) is 0. The third kappa shape index (κ3) is 8.25. The molecule has 0 spiro atoms. The van der Waals surface area contributed by atoms with Crippen LogP contribution in [0.4, 0.5) is 42.9 Å². The maximum absolute atomic E-state index is 17.4. The van der Waals surface area contributed by atoms with Gasteiger partial charge in [-0.1, -0.05) is 200 Å². The van der Waals surface area contributed by atoms with Crippen LogP contribution < -0.4 is 9.80 Å². The van der Waals surface area contributed by atoms with Crippen molar-refractivity contribution in [2.75, 3.05) is 9.80 Å². The van der Waals surface area contributed by atoms with Crippen LogP contribution in [0.5, 0.6) is 0 Å². The summed E-state index contributed by atoms with van der Waals surface area (Å²) in [5, 5.41) is 0. The Morgan fingerprint density at radius 3 is 1.22 bits per heavy atom. The average molecular weight is 1080 g/mol. The van der Waals surface area contributed by atoms with Crippen molar-refractivity contribution in [3.05, 3.63) is 345 Å². The molecule has 0 heterocycles. The summed E-state index contributed by atoms with van der Waals surface area (Å²) in [7, 11) is 0. The van der Waals surface area contributed by atoms with Gasteiger partial charge in [-0.2, -0.15) is 0 Å². The van der Waals surface area contributed by atoms with Crippen molar-refractivity contribution in [3.63, 3.8) is 0 Å².